The van der Waals surface area contributed by atoms with Crippen molar-refractivity contribution in [2.45, 2.75) is 34.6 Å². The average molecular weight is 335 g/mol. The first-order chi connectivity index (χ1) is 11.9. The third kappa shape index (κ3) is 3.88. The quantitative estimate of drug-likeness (QED) is 0.590. The summed E-state index contributed by atoms with van der Waals surface area (Å²) < 4.78 is 1.79. The molecule has 2 aromatic heterocycles. The monoisotopic (exact) mass is 335 g/mol. The van der Waals surface area contributed by atoms with Crippen molar-refractivity contribution < 1.29 is 0 Å². The summed E-state index contributed by atoms with van der Waals surface area (Å²) >= 11 is 0. The molecule has 0 atom stereocenters. The van der Waals surface area contributed by atoms with E-state index in [0.29, 0.717) is 23.0 Å². The maximum Gasteiger partial charge on any atom is 0.247 e. The van der Waals surface area contributed by atoms with Crippen LogP contribution in [0.4, 0.5) is 0 Å². The predicted octanol–water partition coefficient (Wildman–Crippen LogP) is 2.55. The van der Waals surface area contributed by atoms with Crippen molar-refractivity contribution >= 4 is 5.71 Å². The summed E-state index contributed by atoms with van der Waals surface area (Å²) in [5, 5.41) is 13.0. The van der Waals surface area contributed by atoms with E-state index in [-0.39, 0.29) is 0 Å². The maximum atomic E-state index is 4.49. The molecular formula is C18H21N7. The van der Waals surface area contributed by atoms with E-state index in [1.807, 2.05) is 58.9 Å². The van der Waals surface area contributed by atoms with Crippen LogP contribution in [0.2, 0.25) is 0 Å². The van der Waals surface area contributed by atoms with E-state index in [9.17, 15) is 0 Å². The van der Waals surface area contributed by atoms with Gasteiger partial charge in [-0.1, -0.05) is 12.1 Å². The third-order valence-electron chi connectivity index (χ3n) is 3.59. The molecule has 0 fully saturated rings. The van der Waals surface area contributed by atoms with Crippen LogP contribution in [-0.2, 0) is 0 Å². The van der Waals surface area contributed by atoms with Crippen molar-refractivity contribution in [2.24, 2.45) is 10.2 Å². The molecule has 1 N–H and O–H groups in total. The van der Waals surface area contributed by atoms with Crippen molar-refractivity contribution in [1.82, 2.24) is 24.7 Å². The van der Waals surface area contributed by atoms with Gasteiger partial charge >= 0.3 is 0 Å². The Morgan fingerprint density at radius 3 is 2.60 bits per heavy atom. The lowest BCUT2D eigenvalue weighted by atomic mass is 10.2. The van der Waals surface area contributed by atoms with Gasteiger partial charge in [0.15, 0.2) is 5.82 Å². The molecule has 0 aliphatic heterocycles. The molecular weight excluding hydrogens is 314 g/mol. The molecule has 0 aliphatic rings. The normalized spacial score (nSPS) is 12.7. The highest BCUT2D eigenvalue weighted by molar-refractivity contribution is 5.95. The highest BCUT2D eigenvalue weighted by atomic mass is 15.4. The van der Waals surface area contributed by atoms with Crippen LogP contribution in [0.5, 0.6) is 0 Å². The zero-order chi connectivity index (χ0) is 18.0. The molecule has 0 spiro atoms. The second kappa shape index (κ2) is 6.80. The van der Waals surface area contributed by atoms with Crippen LogP contribution in [0, 0.1) is 27.7 Å². The molecule has 3 rings (SSSR count). The van der Waals surface area contributed by atoms with Crippen LogP contribution in [0.3, 0.4) is 0 Å². The van der Waals surface area contributed by atoms with Gasteiger partial charge in [-0.2, -0.15) is 5.10 Å². The molecule has 0 radical (unpaired) electrons. The van der Waals surface area contributed by atoms with E-state index in [0.717, 1.165) is 22.6 Å². The Balaban J connectivity index is 2.04. The number of rotatable bonds is 3. The van der Waals surface area contributed by atoms with Crippen LogP contribution < -0.4 is 5.62 Å². The molecule has 0 unspecified atom stereocenters. The Hall–Kier alpha value is -3.09. The van der Waals surface area contributed by atoms with Gasteiger partial charge in [0, 0.05) is 11.4 Å². The minimum Gasteiger partial charge on any atom is -0.327 e. The van der Waals surface area contributed by atoms with E-state index in [2.05, 4.69) is 36.3 Å². The minimum atomic E-state index is 0.468. The van der Waals surface area contributed by atoms with Crippen molar-refractivity contribution in [2.75, 3.05) is 0 Å². The van der Waals surface area contributed by atoms with Crippen LogP contribution in [0.15, 0.2) is 40.5 Å². The number of aromatic nitrogens is 5. The van der Waals surface area contributed by atoms with Crippen molar-refractivity contribution in [3.63, 3.8) is 0 Å². The van der Waals surface area contributed by atoms with E-state index in [1.54, 1.807) is 4.68 Å². The number of benzene rings is 1. The lowest BCUT2D eigenvalue weighted by Crippen LogP contribution is -2.15. The Morgan fingerprint density at radius 1 is 1.08 bits per heavy atom. The molecule has 0 aliphatic carbocycles. The fraction of sp³-hybridized carbons (Fsp3) is 0.278. The second-order valence-electron chi connectivity index (χ2n) is 6.05. The van der Waals surface area contributed by atoms with Gasteiger partial charge in [-0.25, -0.2) is 14.6 Å². The van der Waals surface area contributed by atoms with Gasteiger partial charge in [0.2, 0.25) is 5.62 Å². The fourth-order valence-corrected chi connectivity index (χ4v) is 2.56. The second-order valence-corrected chi connectivity index (χ2v) is 6.05. The van der Waals surface area contributed by atoms with Crippen molar-refractivity contribution in [1.29, 1.82) is 0 Å². The van der Waals surface area contributed by atoms with Crippen molar-refractivity contribution in [3.05, 3.63) is 64.6 Å². The summed E-state index contributed by atoms with van der Waals surface area (Å²) in [4.78, 5) is 11.9. The number of hydrogen-bond acceptors (Lipinski definition) is 5. The summed E-state index contributed by atoms with van der Waals surface area (Å²) in [5.41, 5.74) is 5.11. The first kappa shape index (κ1) is 16.8. The minimum absolute atomic E-state index is 0.468. The summed E-state index contributed by atoms with van der Waals surface area (Å²) in [6.45, 7) is 9.66. The largest absolute Gasteiger partial charge is 0.327 e. The van der Waals surface area contributed by atoms with Gasteiger partial charge in [0.25, 0.3) is 0 Å². The van der Waals surface area contributed by atoms with Gasteiger partial charge < -0.3 is 4.98 Å². The van der Waals surface area contributed by atoms with Gasteiger partial charge in [-0.05, 0) is 58.4 Å². The number of nitrogens with zero attached hydrogens (tertiary/aromatic N) is 6. The van der Waals surface area contributed by atoms with Gasteiger partial charge in [-0.3, -0.25) is 0 Å². The zero-order valence-electron chi connectivity index (χ0n) is 15.1. The molecule has 0 saturated heterocycles. The molecule has 1 aromatic carbocycles. The Bertz CT molecular complexity index is 985. The SMILES string of the molecule is C/C(=N\N=c1\nc(C)cc(C)[nH]1)c1nc(C)nn1-c1cccc(C)c1. The molecule has 0 amide bonds. The molecule has 7 heteroatoms. The Morgan fingerprint density at radius 2 is 1.88 bits per heavy atom. The summed E-state index contributed by atoms with van der Waals surface area (Å²) in [6, 6.07) is 10.0. The number of aromatic amines is 1. The van der Waals surface area contributed by atoms with Gasteiger partial charge in [0.1, 0.15) is 11.5 Å². The van der Waals surface area contributed by atoms with E-state index in [4.69, 9.17) is 0 Å². The van der Waals surface area contributed by atoms with E-state index in [1.165, 1.54) is 0 Å². The first-order valence-corrected chi connectivity index (χ1v) is 8.06. The van der Waals surface area contributed by atoms with Crippen LogP contribution in [-0.4, -0.2) is 30.4 Å². The molecule has 2 heterocycles. The highest BCUT2D eigenvalue weighted by Gasteiger charge is 2.12. The molecule has 0 saturated carbocycles. The fourth-order valence-electron chi connectivity index (χ4n) is 2.56. The highest BCUT2D eigenvalue weighted by Crippen LogP contribution is 2.12. The smallest absolute Gasteiger partial charge is 0.247 e. The molecule has 3 aromatic rings. The molecule has 7 nitrogen and oxygen atoms in total. The predicted molar refractivity (Wildman–Crippen MR) is 96.7 cm³/mol. The van der Waals surface area contributed by atoms with Crippen LogP contribution in [0.25, 0.3) is 5.69 Å². The standard InChI is InChI=1S/C18H21N7/c1-11-7-6-8-16(9-11)25-17(21-15(5)24-25)14(4)22-23-18-19-12(2)10-13(3)20-18/h6-10H,1-5H3,(H,19,20,23)/b22-14+. The average Bonchev–Trinajstić information content (AvgIpc) is 2.94. The summed E-state index contributed by atoms with van der Waals surface area (Å²) in [6.07, 6.45) is 0. The van der Waals surface area contributed by atoms with Crippen LogP contribution >= 0.6 is 0 Å². The molecule has 128 valence electrons. The van der Waals surface area contributed by atoms with Crippen molar-refractivity contribution in [3.8, 4) is 5.69 Å². The molecule has 25 heavy (non-hydrogen) atoms. The van der Waals surface area contributed by atoms with E-state index >= 15 is 0 Å². The molecule has 0 bridgehead atoms. The maximum absolute atomic E-state index is 4.49. The Kier molecular flexibility index (Phi) is 4.56. The number of aryl methyl sites for hydroxylation is 4. The van der Waals surface area contributed by atoms with Gasteiger partial charge in [-0.15, -0.1) is 10.2 Å². The lowest BCUT2D eigenvalue weighted by molar-refractivity contribution is 0.849. The first-order valence-electron chi connectivity index (χ1n) is 8.06. The number of hydrogen-bond donors (Lipinski definition) is 1. The van der Waals surface area contributed by atoms with Gasteiger partial charge in [0.05, 0.1) is 5.69 Å². The summed E-state index contributed by atoms with van der Waals surface area (Å²) in [7, 11) is 0. The number of H-pyrrole nitrogens is 1. The summed E-state index contributed by atoms with van der Waals surface area (Å²) in [5.74, 6) is 1.35. The Labute approximate surface area is 146 Å². The third-order valence-corrected chi connectivity index (χ3v) is 3.59. The van der Waals surface area contributed by atoms with E-state index < -0.39 is 0 Å². The zero-order valence-corrected chi connectivity index (χ0v) is 15.1. The van der Waals surface area contributed by atoms with Crippen LogP contribution in [0.1, 0.15) is 35.5 Å². The topological polar surface area (TPSA) is 84.1 Å². The number of nitrogens with one attached hydrogen (secondary N) is 1. The lowest BCUT2D eigenvalue weighted by Gasteiger charge is -2.05.